The summed E-state index contributed by atoms with van der Waals surface area (Å²) >= 11 is 0. The fourth-order valence-corrected chi connectivity index (χ4v) is 2.29. The van der Waals surface area contributed by atoms with Crippen LogP contribution in [0.25, 0.3) is 0 Å². The zero-order valence-corrected chi connectivity index (χ0v) is 10.9. The molecule has 0 spiro atoms. The van der Waals surface area contributed by atoms with Crippen molar-refractivity contribution in [2.24, 2.45) is 0 Å². The summed E-state index contributed by atoms with van der Waals surface area (Å²) in [5.74, 6) is -0.612. The van der Waals surface area contributed by atoms with Gasteiger partial charge in [-0.1, -0.05) is 0 Å². The van der Waals surface area contributed by atoms with E-state index in [1.807, 2.05) is 4.90 Å². The number of nitrogens with zero attached hydrogens (tertiary/aromatic N) is 3. The van der Waals surface area contributed by atoms with Gasteiger partial charge in [-0.25, -0.2) is 4.39 Å². The highest BCUT2D eigenvalue weighted by Gasteiger charge is 2.20. The molecule has 1 aliphatic rings. The summed E-state index contributed by atoms with van der Waals surface area (Å²) in [4.78, 5) is 12.0. The lowest BCUT2D eigenvalue weighted by Gasteiger charge is -2.31. The van der Waals surface area contributed by atoms with Crippen molar-refractivity contribution in [1.29, 1.82) is 5.26 Å². The van der Waals surface area contributed by atoms with Crippen molar-refractivity contribution in [2.75, 3.05) is 25.0 Å². The average molecular weight is 278 g/mol. The third-order valence-electron chi connectivity index (χ3n) is 3.41. The molecule has 1 aliphatic heterocycles. The van der Waals surface area contributed by atoms with Gasteiger partial charge in [0.25, 0.3) is 5.69 Å². The number of nitro benzene ring substituents is 1. The summed E-state index contributed by atoms with van der Waals surface area (Å²) in [6.07, 6.45) is 1.64. The molecule has 0 aromatic heterocycles. The number of nitro groups is 1. The van der Waals surface area contributed by atoms with E-state index in [1.54, 1.807) is 0 Å². The number of rotatable bonds is 4. The van der Waals surface area contributed by atoms with Gasteiger partial charge in [-0.3, -0.25) is 15.0 Å². The number of halogens is 1. The Morgan fingerprint density at radius 1 is 1.50 bits per heavy atom. The normalized spacial score (nSPS) is 16.6. The number of piperidine rings is 1. The molecule has 1 aromatic carbocycles. The van der Waals surface area contributed by atoms with Crippen molar-refractivity contribution in [3.8, 4) is 6.07 Å². The van der Waals surface area contributed by atoms with Gasteiger partial charge >= 0.3 is 0 Å². The maximum absolute atomic E-state index is 13.7. The van der Waals surface area contributed by atoms with E-state index in [9.17, 15) is 14.5 Å². The lowest BCUT2D eigenvalue weighted by molar-refractivity contribution is -0.385. The third kappa shape index (κ3) is 3.42. The smallest absolute Gasteiger partial charge is 0.272 e. The van der Waals surface area contributed by atoms with Crippen LogP contribution >= 0.6 is 0 Å². The summed E-state index contributed by atoms with van der Waals surface area (Å²) in [6, 6.07) is 5.84. The van der Waals surface area contributed by atoms with Gasteiger partial charge in [0.15, 0.2) is 5.82 Å². The SMILES string of the molecule is N#CCN1CCC(Nc2ccc([N+](=O)[O-])cc2F)CC1. The predicted molar refractivity (Wildman–Crippen MR) is 71.8 cm³/mol. The molecule has 1 heterocycles. The number of nitrogens with one attached hydrogen (secondary N) is 1. The molecule has 0 amide bonds. The highest BCUT2D eigenvalue weighted by molar-refractivity contribution is 5.50. The minimum Gasteiger partial charge on any atom is -0.380 e. The maximum Gasteiger partial charge on any atom is 0.272 e. The number of non-ortho nitro benzene ring substituents is 1. The summed E-state index contributed by atoms with van der Waals surface area (Å²) in [7, 11) is 0. The average Bonchev–Trinajstić information content (AvgIpc) is 2.43. The Morgan fingerprint density at radius 3 is 2.75 bits per heavy atom. The zero-order valence-electron chi connectivity index (χ0n) is 10.9. The van der Waals surface area contributed by atoms with Crippen LogP contribution in [-0.4, -0.2) is 35.5 Å². The lowest BCUT2D eigenvalue weighted by atomic mass is 10.0. The van der Waals surface area contributed by atoms with Crippen LogP contribution in [0.4, 0.5) is 15.8 Å². The van der Waals surface area contributed by atoms with Gasteiger partial charge in [0, 0.05) is 25.2 Å². The van der Waals surface area contributed by atoms with E-state index in [1.165, 1.54) is 12.1 Å². The molecular formula is C13H15FN4O2. The Morgan fingerprint density at radius 2 is 2.20 bits per heavy atom. The van der Waals surface area contributed by atoms with Gasteiger partial charge in [0.2, 0.25) is 0 Å². The Hall–Kier alpha value is -2.20. The summed E-state index contributed by atoms with van der Waals surface area (Å²) < 4.78 is 13.7. The summed E-state index contributed by atoms with van der Waals surface area (Å²) in [5.41, 5.74) is 0.0335. The largest absolute Gasteiger partial charge is 0.380 e. The predicted octanol–water partition coefficient (Wildman–Crippen LogP) is 2.13. The monoisotopic (exact) mass is 278 g/mol. The molecule has 1 N–H and O–H groups in total. The molecule has 0 unspecified atom stereocenters. The molecule has 0 aliphatic carbocycles. The molecule has 106 valence electrons. The third-order valence-corrected chi connectivity index (χ3v) is 3.41. The minimum atomic E-state index is -0.618. The van der Waals surface area contributed by atoms with Crippen LogP contribution in [-0.2, 0) is 0 Å². The highest BCUT2D eigenvalue weighted by Crippen LogP contribution is 2.23. The van der Waals surface area contributed by atoms with Crippen LogP contribution in [0.5, 0.6) is 0 Å². The number of likely N-dealkylation sites (tertiary alicyclic amines) is 1. The van der Waals surface area contributed by atoms with Crippen molar-refractivity contribution < 1.29 is 9.31 Å². The van der Waals surface area contributed by atoms with E-state index < -0.39 is 10.7 Å². The van der Waals surface area contributed by atoms with Crippen LogP contribution < -0.4 is 5.32 Å². The fourth-order valence-electron chi connectivity index (χ4n) is 2.29. The second-order valence-corrected chi connectivity index (χ2v) is 4.77. The van der Waals surface area contributed by atoms with Crippen LogP contribution in [0.15, 0.2) is 18.2 Å². The number of nitriles is 1. The van der Waals surface area contributed by atoms with Gasteiger partial charge in [0.1, 0.15) is 0 Å². The first-order chi connectivity index (χ1) is 9.60. The second kappa shape index (κ2) is 6.30. The van der Waals surface area contributed by atoms with Crippen LogP contribution in [0.2, 0.25) is 0 Å². The minimum absolute atomic E-state index is 0.126. The molecule has 0 saturated carbocycles. The number of benzene rings is 1. The van der Waals surface area contributed by atoms with E-state index >= 15 is 0 Å². The summed E-state index contributed by atoms with van der Waals surface area (Å²) in [6.45, 7) is 2.00. The van der Waals surface area contributed by atoms with E-state index in [4.69, 9.17) is 5.26 Å². The van der Waals surface area contributed by atoms with Gasteiger partial charge in [0.05, 0.1) is 29.3 Å². The summed E-state index contributed by atoms with van der Waals surface area (Å²) in [5, 5.41) is 22.2. The van der Waals surface area contributed by atoms with Crippen molar-refractivity contribution in [1.82, 2.24) is 4.90 Å². The van der Waals surface area contributed by atoms with Crippen LogP contribution in [0.3, 0.4) is 0 Å². The molecule has 1 saturated heterocycles. The second-order valence-electron chi connectivity index (χ2n) is 4.77. The fraction of sp³-hybridized carbons (Fsp3) is 0.462. The zero-order chi connectivity index (χ0) is 14.5. The quantitative estimate of drug-likeness (QED) is 0.518. The number of anilines is 1. The first kappa shape index (κ1) is 14.2. The van der Waals surface area contributed by atoms with Crippen molar-refractivity contribution >= 4 is 11.4 Å². The molecule has 1 fully saturated rings. The number of hydrogen-bond donors (Lipinski definition) is 1. The Bertz CT molecular complexity index is 536. The molecule has 7 heteroatoms. The molecule has 20 heavy (non-hydrogen) atoms. The lowest BCUT2D eigenvalue weighted by Crippen LogP contribution is -2.39. The molecule has 2 rings (SSSR count). The van der Waals surface area contributed by atoms with Crippen LogP contribution in [0.1, 0.15) is 12.8 Å². The van der Waals surface area contributed by atoms with Crippen LogP contribution in [0, 0.1) is 27.3 Å². The Balaban J connectivity index is 1.95. The Kier molecular flexibility index (Phi) is 4.48. The van der Waals surface area contributed by atoms with E-state index in [0.29, 0.717) is 6.54 Å². The molecule has 0 bridgehead atoms. The van der Waals surface area contributed by atoms with Gasteiger partial charge in [-0.05, 0) is 18.9 Å². The molecule has 6 nitrogen and oxygen atoms in total. The highest BCUT2D eigenvalue weighted by atomic mass is 19.1. The standard InChI is InChI=1S/C13H15FN4O2/c14-12-9-11(18(19)20)1-2-13(12)16-10-3-6-17(7-4-10)8-5-15/h1-2,9-10,16H,3-4,6-8H2. The maximum atomic E-state index is 13.7. The first-order valence-electron chi connectivity index (χ1n) is 6.40. The van der Waals surface area contributed by atoms with E-state index in [2.05, 4.69) is 11.4 Å². The van der Waals surface area contributed by atoms with Gasteiger partial charge in [-0.15, -0.1) is 0 Å². The van der Waals surface area contributed by atoms with Gasteiger partial charge < -0.3 is 5.32 Å². The van der Waals surface area contributed by atoms with Crippen molar-refractivity contribution in [3.05, 3.63) is 34.1 Å². The number of hydrogen-bond acceptors (Lipinski definition) is 5. The topological polar surface area (TPSA) is 82.2 Å². The van der Waals surface area contributed by atoms with Crippen molar-refractivity contribution in [3.63, 3.8) is 0 Å². The molecule has 1 aromatic rings. The van der Waals surface area contributed by atoms with Gasteiger partial charge in [-0.2, -0.15) is 5.26 Å². The first-order valence-corrected chi connectivity index (χ1v) is 6.40. The Labute approximate surface area is 116 Å². The molecule has 0 atom stereocenters. The molecular weight excluding hydrogens is 263 g/mol. The van der Waals surface area contributed by atoms with E-state index in [-0.39, 0.29) is 17.4 Å². The molecule has 0 radical (unpaired) electrons. The van der Waals surface area contributed by atoms with Crippen molar-refractivity contribution in [2.45, 2.75) is 18.9 Å². The van der Waals surface area contributed by atoms with E-state index in [0.717, 1.165) is 32.0 Å².